The van der Waals surface area contributed by atoms with E-state index in [9.17, 15) is 5.11 Å². The fourth-order valence-electron chi connectivity index (χ4n) is 3.24. The van der Waals surface area contributed by atoms with Gasteiger partial charge in [-0.15, -0.1) is 0 Å². The molecule has 0 heterocycles. The lowest BCUT2D eigenvalue weighted by molar-refractivity contribution is 0.0598. The van der Waals surface area contributed by atoms with Crippen molar-refractivity contribution in [1.82, 2.24) is 5.32 Å². The Morgan fingerprint density at radius 3 is 2.89 bits per heavy atom. The standard InChI is InChI=1S/C15H21NO2/c1-16-12-9-8-11-10(12)4-2-6-14(11)18-15-7-3-5-13(15)17/h2,4,6,12-13,15-17H,3,5,7-9H2,1H3. The number of hydrogen-bond donors (Lipinski definition) is 2. The molecule has 0 aromatic heterocycles. The second kappa shape index (κ2) is 4.90. The Morgan fingerprint density at radius 2 is 2.17 bits per heavy atom. The zero-order valence-electron chi connectivity index (χ0n) is 10.9. The van der Waals surface area contributed by atoms with Crippen LogP contribution >= 0.6 is 0 Å². The molecular weight excluding hydrogens is 226 g/mol. The Balaban J connectivity index is 1.83. The average molecular weight is 247 g/mol. The van der Waals surface area contributed by atoms with E-state index in [1.165, 1.54) is 11.1 Å². The van der Waals surface area contributed by atoms with Gasteiger partial charge in [-0.25, -0.2) is 0 Å². The second-order valence-corrected chi connectivity index (χ2v) is 5.36. The van der Waals surface area contributed by atoms with Crippen LogP contribution in [0, 0.1) is 0 Å². The quantitative estimate of drug-likeness (QED) is 0.860. The molecule has 0 amide bonds. The minimum atomic E-state index is -0.289. The van der Waals surface area contributed by atoms with Crippen molar-refractivity contribution in [2.24, 2.45) is 0 Å². The maximum Gasteiger partial charge on any atom is 0.124 e. The Labute approximate surface area is 108 Å². The van der Waals surface area contributed by atoms with Gasteiger partial charge in [0.05, 0.1) is 6.10 Å². The Hall–Kier alpha value is -1.06. The van der Waals surface area contributed by atoms with Crippen molar-refractivity contribution < 1.29 is 9.84 Å². The molecule has 1 fully saturated rings. The van der Waals surface area contributed by atoms with Gasteiger partial charge >= 0.3 is 0 Å². The van der Waals surface area contributed by atoms with Crippen molar-refractivity contribution in [1.29, 1.82) is 0 Å². The van der Waals surface area contributed by atoms with E-state index in [0.29, 0.717) is 6.04 Å². The van der Waals surface area contributed by atoms with Crippen LogP contribution in [0.15, 0.2) is 18.2 Å². The predicted octanol–water partition coefficient (Wildman–Crippen LogP) is 2.19. The maximum atomic E-state index is 9.86. The lowest BCUT2D eigenvalue weighted by Crippen LogP contribution is -2.26. The smallest absolute Gasteiger partial charge is 0.124 e. The Morgan fingerprint density at radius 1 is 1.28 bits per heavy atom. The highest BCUT2D eigenvalue weighted by Gasteiger charge is 2.29. The van der Waals surface area contributed by atoms with E-state index in [0.717, 1.165) is 37.9 Å². The SMILES string of the molecule is CNC1CCc2c(OC3CCCC3O)cccc21. The van der Waals surface area contributed by atoms with Gasteiger partial charge in [0.15, 0.2) is 0 Å². The van der Waals surface area contributed by atoms with E-state index in [-0.39, 0.29) is 12.2 Å². The average Bonchev–Trinajstić information content (AvgIpc) is 2.97. The highest BCUT2D eigenvalue weighted by molar-refractivity contribution is 5.45. The van der Waals surface area contributed by atoms with Crippen LogP contribution in [0.25, 0.3) is 0 Å². The van der Waals surface area contributed by atoms with Crippen molar-refractivity contribution >= 4 is 0 Å². The van der Waals surface area contributed by atoms with Gasteiger partial charge in [-0.2, -0.15) is 0 Å². The number of hydrogen-bond acceptors (Lipinski definition) is 3. The van der Waals surface area contributed by atoms with Crippen LogP contribution < -0.4 is 10.1 Å². The molecule has 1 aromatic rings. The van der Waals surface area contributed by atoms with Crippen molar-refractivity contribution in [2.75, 3.05) is 7.05 Å². The Kier molecular flexibility index (Phi) is 3.27. The molecule has 3 heteroatoms. The van der Waals surface area contributed by atoms with E-state index in [1.807, 2.05) is 13.1 Å². The molecule has 3 atom stereocenters. The summed E-state index contributed by atoms with van der Waals surface area (Å²) in [5.41, 5.74) is 2.69. The summed E-state index contributed by atoms with van der Waals surface area (Å²) in [4.78, 5) is 0. The van der Waals surface area contributed by atoms with Gasteiger partial charge in [0.1, 0.15) is 11.9 Å². The third kappa shape index (κ3) is 2.02. The van der Waals surface area contributed by atoms with Gasteiger partial charge in [-0.3, -0.25) is 0 Å². The lowest BCUT2D eigenvalue weighted by atomic mass is 10.1. The molecule has 0 bridgehead atoms. The second-order valence-electron chi connectivity index (χ2n) is 5.36. The molecule has 0 spiro atoms. The van der Waals surface area contributed by atoms with Gasteiger partial charge in [0.25, 0.3) is 0 Å². The zero-order chi connectivity index (χ0) is 12.5. The van der Waals surface area contributed by atoms with Crippen LogP contribution in [0.4, 0.5) is 0 Å². The van der Waals surface area contributed by atoms with Crippen molar-refractivity contribution in [3.8, 4) is 5.75 Å². The summed E-state index contributed by atoms with van der Waals surface area (Å²) in [5.74, 6) is 0.983. The summed E-state index contributed by atoms with van der Waals surface area (Å²) in [7, 11) is 2.01. The number of rotatable bonds is 3. The first-order valence-corrected chi connectivity index (χ1v) is 6.93. The van der Waals surface area contributed by atoms with Gasteiger partial charge in [-0.1, -0.05) is 12.1 Å². The fraction of sp³-hybridized carbons (Fsp3) is 0.600. The summed E-state index contributed by atoms with van der Waals surface area (Å²) >= 11 is 0. The third-order valence-corrected chi connectivity index (χ3v) is 4.27. The molecule has 3 unspecified atom stereocenters. The van der Waals surface area contributed by atoms with Crippen molar-refractivity contribution in [3.63, 3.8) is 0 Å². The summed E-state index contributed by atoms with van der Waals surface area (Å²) in [6, 6.07) is 6.74. The maximum absolute atomic E-state index is 9.86. The third-order valence-electron chi connectivity index (χ3n) is 4.27. The van der Waals surface area contributed by atoms with Crippen LogP contribution in [-0.2, 0) is 6.42 Å². The van der Waals surface area contributed by atoms with Crippen molar-refractivity contribution in [2.45, 2.75) is 50.4 Å². The molecule has 0 saturated heterocycles. The van der Waals surface area contributed by atoms with Gasteiger partial charge in [0.2, 0.25) is 0 Å². The van der Waals surface area contributed by atoms with Crippen LogP contribution in [0.5, 0.6) is 5.75 Å². The highest BCUT2D eigenvalue weighted by atomic mass is 16.5. The van der Waals surface area contributed by atoms with Gasteiger partial charge < -0.3 is 15.2 Å². The number of aliphatic hydroxyl groups is 1. The minimum absolute atomic E-state index is 0.00913. The number of nitrogens with one attached hydrogen (secondary N) is 1. The monoisotopic (exact) mass is 247 g/mol. The van der Waals surface area contributed by atoms with Crippen molar-refractivity contribution in [3.05, 3.63) is 29.3 Å². The number of fused-ring (bicyclic) bond motifs is 1. The summed E-state index contributed by atoms with van der Waals surface area (Å²) < 4.78 is 6.05. The molecule has 0 aliphatic heterocycles. The summed E-state index contributed by atoms with van der Waals surface area (Å²) in [5, 5.41) is 13.2. The minimum Gasteiger partial charge on any atom is -0.487 e. The molecular formula is C15H21NO2. The molecule has 2 N–H and O–H groups in total. The van der Waals surface area contributed by atoms with E-state index >= 15 is 0 Å². The largest absolute Gasteiger partial charge is 0.487 e. The first-order chi connectivity index (χ1) is 8.79. The van der Waals surface area contributed by atoms with Crippen LogP contribution in [0.1, 0.15) is 42.9 Å². The molecule has 98 valence electrons. The molecule has 18 heavy (non-hydrogen) atoms. The van der Waals surface area contributed by atoms with E-state index < -0.39 is 0 Å². The summed E-state index contributed by atoms with van der Waals surface area (Å²) in [6.07, 6.45) is 4.82. The number of benzene rings is 1. The molecule has 2 aliphatic carbocycles. The van der Waals surface area contributed by atoms with Crippen LogP contribution in [-0.4, -0.2) is 24.4 Å². The Bertz CT molecular complexity index is 433. The molecule has 3 rings (SSSR count). The van der Waals surface area contributed by atoms with Gasteiger partial charge in [-0.05, 0) is 56.3 Å². The fourth-order valence-corrected chi connectivity index (χ4v) is 3.24. The molecule has 3 nitrogen and oxygen atoms in total. The number of aliphatic hydroxyl groups excluding tert-OH is 1. The number of ether oxygens (including phenoxy) is 1. The van der Waals surface area contributed by atoms with E-state index in [2.05, 4.69) is 17.4 Å². The molecule has 0 radical (unpaired) electrons. The van der Waals surface area contributed by atoms with Crippen LogP contribution in [0.2, 0.25) is 0 Å². The lowest BCUT2D eigenvalue weighted by Gasteiger charge is -2.19. The van der Waals surface area contributed by atoms with Crippen LogP contribution in [0.3, 0.4) is 0 Å². The molecule has 1 saturated carbocycles. The predicted molar refractivity (Wildman–Crippen MR) is 70.8 cm³/mol. The first-order valence-electron chi connectivity index (χ1n) is 6.93. The molecule has 2 aliphatic rings. The molecule has 1 aromatic carbocycles. The first kappa shape index (κ1) is 12.0. The van der Waals surface area contributed by atoms with Gasteiger partial charge in [0, 0.05) is 6.04 Å². The normalized spacial score (nSPS) is 30.4. The topological polar surface area (TPSA) is 41.5 Å². The van der Waals surface area contributed by atoms with E-state index in [1.54, 1.807) is 0 Å². The highest BCUT2D eigenvalue weighted by Crippen LogP contribution is 2.38. The summed E-state index contributed by atoms with van der Waals surface area (Å²) in [6.45, 7) is 0. The zero-order valence-corrected chi connectivity index (χ0v) is 10.9. The van der Waals surface area contributed by atoms with E-state index in [4.69, 9.17) is 4.74 Å².